The first kappa shape index (κ1) is 16.9. The third-order valence-corrected chi connectivity index (χ3v) is 2.66. The molecule has 0 fully saturated rings. The van der Waals surface area contributed by atoms with Gasteiger partial charge in [0, 0.05) is 26.2 Å². The molecule has 2 N–H and O–H groups in total. The molecule has 0 spiro atoms. The summed E-state index contributed by atoms with van der Waals surface area (Å²) in [5, 5.41) is 5.19. The monoisotopic (exact) mass is 258 g/mol. The highest BCUT2D eigenvalue weighted by Crippen LogP contribution is 1.84. The van der Waals surface area contributed by atoms with Crippen molar-refractivity contribution >= 4 is 11.8 Å². The SMILES string of the molecule is CCN(CC)CCNC(=O)C(=O)NCCN(C)C. The van der Waals surface area contributed by atoms with E-state index >= 15 is 0 Å². The van der Waals surface area contributed by atoms with Crippen LogP contribution in [-0.2, 0) is 9.59 Å². The minimum absolute atomic E-state index is 0.481. The van der Waals surface area contributed by atoms with E-state index in [4.69, 9.17) is 0 Å². The molecule has 0 bridgehead atoms. The molecule has 0 aliphatic rings. The van der Waals surface area contributed by atoms with Gasteiger partial charge in [0.05, 0.1) is 0 Å². The summed E-state index contributed by atoms with van der Waals surface area (Å²) < 4.78 is 0. The molecule has 2 amide bonds. The fourth-order valence-corrected chi connectivity index (χ4v) is 1.42. The van der Waals surface area contributed by atoms with Crippen molar-refractivity contribution in [3.05, 3.63) is 0 Å². The number of likely N-dealkylation sites (N-methyl/N-ethyl adjacent to an activating group) is 2. The van der Waals surface area contributed by atoms with Gasteiger partial charge >= 0.3 is 11.8 Å². The molecule has 106 valence electrons. The minimum atomic E-state index is -0.559. The number of nitrogens with one attached hydrogen (secondary N) is 2. The van der Waals surface area contributed by atoms with E-state index in [1.54, 1.807) is 0 Å². The lowest BCUT2D eigenvalue weighted by atomic mass is 10.4. The van der Waals surface area contributed by atoms with Crippen LogP contribution in [0.25, 0.3) is 0 Å². The summed E-state index contributed by atoms with van der Waals surface area (Å²) in [5.41, 5.74) is 0. The number of hydrogen-bond donors (Lipinski definition) is 2. The van der Waals surface area contributed by atoms with Gasteiger partial charge in [-0.1, -0.05) is 13.8 Å². The minimum Gasteiger partial charge on any atom is -0.347 e. The third kappa shape index (κ3) is 8.03. The first-order chi connectivity index (χ1) is 8.51. The van der Waals surface area contributed by atoms with Gasteiger partial charge < -0.3 is 20.4 Å². The molecule has 6 heteroatoms. The molecule has 0 saturated carbocycles. The quantitative estimate of drug-likeness (QED) is 0.555. The van der Waals surface area contributed by atoms with Crippen LogP contribution in [0, 0.1) is 0 Å². The number of carbonyl (C=O) groups is 2. The average molecular weight is 258 g/mol. The van der Waals surface area contributed by atoms with Crippen LogP contribution in [-0.4, -0.2) is 75.0 Å². The average Bonchev–Trinajstić information content (AvgIpc) is 2.33. The number of carbonyl (C=O) groups excluding carboxylic acids is 2. The molecule has 0 atom stereocenters. The summed E-state index contributed by atoms with van der Waals surface area (Å²) in [6.07, 6.45) is 0. The number of nitrogens with zero attached hydrogens (tertiary/aromatic N) is 2. The Hall–Kier alpha value is -1.14. The lowest BCUT2D eigenvalue weighted by Gasteiger charge is -2.17. The molecule has 0 aliphatic carbocycles. The van der Waals surface area contributed by atoms with Crippen LogP contribution in [0.5, 0.6) is 0 Å². The maximum absolute atomic E-state index is 11.4. The lowest BCUT2D eigenvalue weighted by molar-refractivity contribution is -0.139. The van der Waals surface area contributed by atoms with Gasteiger partial charge in [-0.05, 0) is 27.2 Å². The highest BCUT2D eigenvalue weighted by Gasteiger charge is 2.12. The second-order valence-electron chi connectivity index (χ2n) is 4.34. The van der Waals surface area contributed by atoms with Gasteiger partial charge in [0.1, 0.15) is 0 Å². The summed E-state index contributed by atoms with van der Waals surface area (Å²) in [6, 6.07) is 0. The van der Waals surface area contributed by atoms with Crippen molar-refractivity contribution in [3.8, 4) is 0 Å². The van der Waals surface area contributed by atoms with Gasteiger partial charge in [0.2, 0.25) is 0 Å². The highest BCUT2D eigenvalue weighted by molar-refractivity contribution is 6.35. The molecule has 0 aromatic heterocycles. The normalized spacial score (nSPS) is 10.8. The van der Waals surface area contributed by atoms with Crippen molar-refractivity contribution in [3.63, 3.8) is 0 Å². The second-order valence-corrected chi connectivity index (χ2v) is 4.34. The molecule has 0 saturated heterocycles. The molecule has 18 heavy (non-hydrogen) atoms. The summed E-state index contributed by atoms with van der Waals surface area (Å²) in [4.78, 5) is 26.9. The van der Waals surface area contributed by atoms with Crippen molar-refractivity contribution in [1.82, 2.24) is 20.4 Å². The van der Waals surface area contributed by atoms with Crippen LogP contribution in [0.3, 0.4) is 0 Å². The van der Waals surface area contributed by atoms with Crippen molar-refractivity contribution < 1.29 is 9.59 Å². The van der Waals surface area contributed by atoms with Crippen LogP contribution in [0.4, 0.5) is 0 Å². The van der Waals surface area contributed by atoms with Crippen LogP contribution >= 0.6 is 0 Å². The van der Waals surface area contributed by atoms with E-state index in [1.165, 1.54) is 0 Å². The van der Waals surface area contributed by atoms with E-state index in [1.807, 2.05) is 19.0 Å². The Balaban J connectivity index is 3.71. The Labute approximate surface area is 110 Å². The first-order valence-electron chi connectivity index (χ1n) is 6.44. The van der Waals surface area contributed by atoms with E-state index < -0.39 is 11.8 Å². The van der Waals surface area contributed by atoms with Gasteiger partial charge in [-0.3, -0.25) is 9.59 Å². The zero-order valence-electron chi connectivity index (χ0n) is 12.0. The Morgan fingerprint density at radius 2 is 1.33 bits per heavy atom. The Kier molecular flexibility index (Phi) is 9.22. The maximum Gasteiger partial charge on any atom is 0.309 e. The van der Waals surface area contributed by atoms with Crippen LogP contribution in [0.2, 0.25) is 0 Å². The molecule has 0 rings (SSSR count). The van der Waals surface area contributed by atoms with Crippen molar-refractivity contribution in [1.29, 1.82) is 0 Å². The fourth-order valence-electron chi connectivity index (χ4n) is 1.42. The van der Waals surface area contributed by atoms with Crippen molar-refractivity contribution in [2.24, 2.45) is 0 Å². The summed E-state index contributed by atoms with van der Waals surface area (Å²) in [6.45, 7) is 8.50. The van der Waals surface area contributed by atoms with Crippen molar-refractivity contribution in [2.45, 2.75) is 13.8 Å². The molecule has 0 unspecified atom stereocenters. The van der Waals surface area contributed by atoms with Gasteiger partial charge in [-0.2, -0.15) is 0 Å². The maximum atomic E-state index is 11.4. The van der Waals surface area contributed by atoms with Gasteiger partial charge in [0.25, 0.3) is 0 Å². The highest BCUT2D eigenvalue weighted by atomic mass is 16.2. The molecule has 0 radical (unpaired) electrons. The van der Waals surface area contributed by atoms with Crippen molar-refractivity contribution in [2.75, 3.05) is 53.4 Å². The summed E-state index contributed by atoms with van der Waals surface area (Å²) >= 11 is 0. The standard InChI is InChI=1S/C12H26N4O2/c1-5-16(6-2)10-8-14-12(18)11(17)13-7-9-15(3)4/h5-10H2,1-4H3,(H,13,17)(H,14,18). The van der Waals surface area contributed by atoms with E-state index in [0.29, 0.717) is 13.1 Å². The molecule has 0 aromatic rings. The second kappa shape index (κ2) is 9.85. The zero-order chi connectivity index (χ0) is 14.0. The summed E-state index contributed by atoms with van der Waals surface area (Å²) in [5.74, 6) is -1.11. The van der Waals surface area contributed by atoms with Gasteiger partial charge in [-0.25, -0.2) is 0 Å². The van der Waals surface area contributed by atoms with E-state index in [0.717, 1.165) is 26.2 Å². The van der Waals surface area contributed by atoms with Crippen LogP contribution in [0.15, 0.2) is 0 Å². The van der Waals surface area contributed by atoms with Gasteiger partial charge in [0.15, 0.2) is 0 Å². The number of hydrogen-bond acceptors (Lipinski definition) is 4. The van der Waals surface area contributed by atoms with Crippen LogP contribution < -0.4 is 10.6 Å². The number of amides is 2. The molecular formula is C12H26N4O2. The zero-order valence-corrected chi connectivity index (χ0v) is 12.0. The van der Waals surface area contributed by atoms with E-state index in [2.05, 4.69) is 29.4 Å². The lowest BCUT2D eigenvalue weighted by Crippen LogP contribution is -2.44. The molecule has 0 aliphatic heterocycles. The fraction of sp³-hybridized carbons (Fsp3) is 0.833. The topological polar surface area (TPSA) is 64.7 Å². The largest absolute Gasteiger partial charge is 0.347 e. The third-order valence-electron chi connectivity index (χ3n) is 2.66. The molecule has 0 aromatic carbocycles. The van der Waals surface area contributed by atoms with Gasteiger partial charge in [-0.15, -0.1) is 0 Å². The summed E-state index contributed by atoms with van der Waals surface area (Å²) in [7, 11) is 3.83. The molecule has 6 nitrogen and oxygen atoms in total. The Morgan fingerprint density at radius 1 is 0.889 bits per heavy atom. The predicted molar refractivity (Wildman–Crippen MR) is 72.4 cm³/mol. The van der Waals surface area contributed by atoms with Crippen LogP contribution in [0.1, 0.15) is 13.8 Å². The molecular weight excluding hydrogens is 232 g/mol. The smallest absolute Gasteiger partial charge is 0.309 e. The van der Waals surface area contributed by atoms with E-state index in [9.17, 15) is 9.59 Å². The Morgan fingerprint density at radius 3 is 1.72 bits per heavy atom. The molecule has 0 heterocycles. The van der Waals surface area contributed by atoms with E-state index in [-0.39, 0.29) is 0 Å². The Bertz CT molecular complexity index is 252. The first-order valence-corrected chi connectivity index (χ1v) is 6.44. The predicted octanol–water partition coefficient (Wildman–Crippen LogP) is -0.878. The number of rotatable bonds is 8.